The zero-order valence-electron chi connectivity index (χ0n) is 9.51. The van der Waals surface area contributed by atoms with E-state index in [4.69, 9.17) is 4.74 Å². The van der Waals surface area contributed by atoms with Crippen LogP contribution in [0.3, 0.4) is 0 Å². The summed E-state index contributed by atoms with van der Waals surface area (Å²) in [5.41, 5.74) is 0. The van der Waals surface area contributed by atoms with E-state index in [1.807, 2.05) is 6.92 Å². The molecular formula is C11H25NO. The Kier molecular flexibility index (Phi) is 9.94. The molecule has 0 aliphatic heterocycles. The Morgan fingerprint density at radius 1 is 1.00 bits per heavy atom. The van der Waals surface area contributed by atoms with Crippen molar-refractivity contribution in [2.75, 3.05) is 33.4 Å². The number of nitrogens with zero attached hydrogens (tertiary/aromatic N) is 1. The third kappa shape index (κ3) is 9.84. The molecule has 0 saturated carbocycles. The minimum absolute atomic E-state index is 0.853. The van der Waals surface area contributed by atoms with Crippen molar-refractivity contribution in [3.63, 3.8) is 0 Å². The predicted molar refractivity (Wildman–Crippen MR) is 58.1 cm³/mol. The summed E-state index contributed by atoms with van der Waals surface area (Å²) in [6, 6.07) is 0. The van der Waals surface area contributed by atoms with Crippen LogP contribution in [0.4, 0.5) is 0 Å². The van der Waals surface area contributed by atoms with E-state index in [2.05, 4.69) is 18.9 Å². The Morgan fingerprint density at radius 3 is 2.31 bits per heavy atom. The number of rotatable bonds is 9. The van der Waals surface area contributed by atoms with Gasteiger partial charge in [-0.3, -0.25) is 0 Å². The monoisotopic (exact) mass is 187 g/mol. The summed E-state index contributed by atoms with van der Waals surface area (Å²) in [5.74, 6) is 0. The molecular weight excluding hydrogens is 162 g/mol. The summed E-state index contributed by atoms with van der Waals surface area (Å²) in [6.07, 6.45) is 5.08. The van der Waals surface area contributed by atoms with Gasteiger partial charge in [0.1, 0.15) is 0 Å². The van der Waals surface area contributed by atoms with Gasteiger partial charge in [0.2, 0.25) is 0 Å². The van der Waals surface area contributed by atoms with Crippen molar-refractivity contribution in [3.8, 4) is 0 Å². The first-order chi connectivity index (χ1) is 6.31. The van der Waals surface area contributed by atoms with E-state index < -0.39 is 0 Å². The van der Waals surface area contributed by atoms with Crippen LogP contribution in [-0.4, -0.2) is 38.3 Å². The largest absolute Gasteiger partial charge is 0.382 e. The second-order valence-electron chi connectivity index (χ2n) is 3.56. The van der Waals surface area contributed by atoms with Crippen molar-refractivity contribution in [2.45, 2.75) is 39.5 Å². The highest BCUT2D eigenvalue weighted by molar-refractivity contribution is 4.51. The average Bonchev–Trinajstić information content (AvgIpc) is 2.14. The Balaban J connectivity index is 3.03. The van der Waals surface area contributed by atoms with Crippen molar-refractivity contribution in [3.05, 3.63) is 0 Å². The van der Waals surface area contributed by atoms with Gasteiger partial charge in [0.05, 0.1) is 0 Å². The van der Waals surface area contributed by atoms with Gasteiger partial charge in [-0.25, -0.2) is 0 Å². The summed E-state index contributed by atoms with van der Waals surface area (Å²) in [7, 11) is 2.20. The lowest BCUT2D eigenvalue weighted by atomic mass is 10.3. The summed E-state index contributed by atoms with van der Waals surface area (Å²) in [4.78, 5) is 2.41. The van der Waals surface area contributed by atoms with E-state index in [0.29, 0.717) is 0 Å². The zero-order valence-corrected chi connectivity index (χ0v) is 9.51. The molecule has 0 aliphatic rings. The van der Waals surface area contributed by atoms with Gasteiger partial charge >= 0.3 is 0 Å². The summed E-state index contributed by atoms with van der Waals surface area (Å²) in [5, 5.41) is 0. The van der Waals surface area contributed by atoms with E-state index in [9.17, 15) is 0 Å². The van der Waals surface area contributed by atoms with Gasteiger partial charge in [-0.15, -0.1) is 0 Å². The third-order valence-electron chi connectivity index (χ3n) is 2.18. The molecule has 80 valence electrons. The van der Waals surface area contributed by atoms with Crippen molar-refractivity contribution in [1.82, 2.24) is 4.90 Å². The van der Waals surface area contributed by atoms with Crippen LogP contribution in [-0.2, 0) is 4.74 Å². The molecule has 0 amide bonds. The summed E-state index contributed by atoms with van der Waals surface area (Å²) < 4.78 is 5.28. The lowest BCUT2D eigenvalue weighted by Crippen LogP contribution is -2.21. The van der Waals surface area contributed by atoms with Gasteiger partial charge in [0.15, 0.2) is 0 Å². The van der Waals surface area contributed by atoms with Gasteiger partial charge in [-0.05, 0) is 46.3 Å². The summed E-state index contributed by atoms with van der Waals surface area (Å²) >= 11 is 0. The molecule has 0 N–H and O–H groups in total. The van der Waals surface area contributed by atoms with Gasteiger partial charge in [-0.2, -0.15) is 0 Å². The van der Waals surface area contributed by atoms with Gasteiger partial charge in [-0.1, -0.05) is 13.3 Å². The molecule has 0 unspecified atom stereocenters. The van der Waals surface area contributed by atoms with Crippen LogP contribution in [0.15, 0.2) is 0 Å². The molecule has 0 saturated heterocycles. The molecule has 0 aromatic carbocycles. The predicted octanol–water partition coefficient (Wildman–Crippen LogP) is 2.54. The molecule has 13 heavy (non-hydrogen) atoms. The topological polar surface area (TPSA) is 12.5 Å². The highest BCUT2D eigenvalue weighted by Gasteiger charge is 1.96. The van der Waals surface area contributed by atoms with Gasteiger partial charge < -0.3 is 9.64 Å². The standard InChI is InChI=1S/C11H25NO/c1-4-6-9-12(3)10-7-8-11-13-5-2/h4-11H2,1-3H3. The lowest BCUT2D eigenvalue weighted by Gasteiger charge is -2.15. The molecule has 0 bridgehead atoms. The molecule has 0 rings (SSSR count). The number of ether oxygens (including phenoxy) is 1. The molecule has 0 aromatic rings. The van der Waals surface area contributed by atoms with Crippen molar-refractivity contribution < 1.29 is 4.74 Å². The molecule has 0 atom stereocenters. The number of unbranched alkanes of at least 4 members (excludes halogenated alkanes) is 2. The fourth-order valence-electron chi connectivity index (χ4n) is 1.27. The second kappa shape index (κ2) is 10.0. The van der Waals surface area contributed by atoms with Crippen LogP contribution in [0, 0.1) is 0 Å². The van der Waals surface area contributed by atoms with E-state index in [-0.39, 0.29) is 0 Å². The SMILES string of the molecule is CCCCN(C)CCCCOCC. The molecule has 0 radical (unpaired) electrons. The third-order valence-corrected chi connectivity index (χ3v) is 2.18. The van der Waals surface area contributed by atoms with Crippen LogP contribution < -0.4 is 0 Å². The molecule has 2 nitrogen and oxygen atoms in total. The molecule has 2 heteroatoms. The fourth-order valence-corrected chi connectivity index (χ4v) is 1.27. The lowest BCUT2D eigenvalue weighted by molar-refractivity contribution is 0.140. The smallest absolute Gasteiger partial charge is 0.0466 e. The minimum Gasteiger partial charge on any atom is -0.382 e. The first-order valence-corrected chi connectivity index (χ1v) is 5.57. The highest BCUT2D eigenvalue weighted by Crippen LogP contribution is 1.96. The zero-order chi connectivity index (χ0) is 9.94. The quantitative estimate of drug-likeness (QED) is 0.514. The minimum atomic E-state index is 0.853. The fraction of sp³-hybridized carbons (Fsp3) is 1.00. The second-order valence-corrected chi connectivity index (χ2v) is 3.56. The van der Waals surface area contributed by atoms with Crippen LogP contribution >= 0.6 is 0 Å². The first-order valence-electron chi connectivity index (χ1n) is 5.57. The molecule has 0 aliphatic carbocycles. The highest BCUT2D eigenvalue weighted by atomic mass is 16.5. The Labute approximate surface area is 83.3 Å². The van der Waals surface area contributed by atoms with E-state index in [1.54, 1.807) is 0 Å². The van der Waals surface area contributed by atoms with E-state index in [1.165, 1.54) is 38.8 Å². The maximum Gasteiger partial charge on any atom is 0.0466 e. The van der Waals surface area contributed by atoms with Crippen molar-refractivity contribution >= 4 is 0 Å². The van der Waals surface area contributed by atoms with Crippen LogP contribution in [0.2, 0.25) is 0 Å². The Hall–Kier alpha value is -0.0800. The molecule has 0 fully saturated rings. The Morgan fingerprint density at radius 2 is 1.69 bits per heavy atom. The maximum atomic E-state index is 5.28. The average molecular weight is 187 g/mol. The van der Waals surface area contributed by atoms with Gasteiger partial charge in [0, 0.05) is 13.2 Å². The van der Waals surface area contributed by atoms with Crippen LogP contribution in [0.1, 0.15) is 39.5 Å². The van der Waals surface area contributed by atoms with Crippen molar-refractivity contribution in [1.29, 1.82) is 0 Å². The normalized spacial score (nSPS) is 11.1. The molecule has 0 aromatic heterocycles. The maximum absolute atomic E-state index is 5.28. The van der Waals surface area contributed by atoms with Crippen LogP contribution in [0.25, 0.3) is 0 Å². The number of hydrogen-bond donors (Lipinski definition) is 0. The number of hydrogen-bond acceptors (Lipinski definition) is 2. The van der Waals surface area contributed by atoms with Crippen LogP contribution in [0.5, 0.6) is 0 Å². The van der Waals surface area contributed by atoms with E-state index >= 15 is 0 Å². The molecule has 0 spiro atoms. The van der Waals surface area contributed by atoms with Crippen molar-refractivity contribution in [2.24, 2.45) is 0 Å². The first kappa shape index (κ1) is 12.9. The summed E-state index contributed by atoms with van der Waals surface area (Å²) in [6.45, 7) is 8.53. The van der Waals surface area contributed by atoms with Gasteiger partial charge in [0.25, 0.3) is 0 Å². The molecule has 0 heterocycles. The van der Waals surface area contributed by atoms with E-state index in [0.717, 1.165) is 13.2 Å². The Bertz CT molecular complexity index is 96.1.